The molecule has 0 saturated carbocycles. The normalized spacial score (nSPS) is 10.6. The second kappa shape index (κ2) is 15.9. The van der Waals surface area contributed by atoms with E-state index in [1.54, 1.807) is 0 Å². The lowest BCUT2D eigenvalue weighted by Crippen LogP contribution is -2.27. The van der Waals surface area contributed by atoms with Crippen LogP contribution in [0.3, 0.4) is 0 Å². The van der Waals surface area contributed by atoms with Gasteiger partial charge in [-0.1, -0.05) is 59.3 Å². The Morgan fingerprint density at radius 1 is 0.529 bits per heavy atom. The summed E-state index contributed by atoms with van der Waals surface area (Å²) in [5.74, 6) is 0. The molecule has 0 atom stereocenters. The minimum atomic E-state index is 0. The van der Waals surface area contributed by atoms with E-state index < -0.39 is 0 Å². The van der Waals surface area contributed by atoms with Crippen LogP contribution >= 0.6 is 0 Å². The minimum Gasteiger partial charge on any atom is -0.344 e. The van der Waals surface area contributed by atoms with E-state index >= 15 is 0 Å². The average molecular weight is 244 g/mol. The van der Waals surface area contributed by atoms with Gasteiger partial charge < -0.3 is 11.1 Å². The molecule has 0 aromatic carbocycles. The van der Waals surface area contributed by atoms with Crippen molar-refractivity contribution in [2.75, 3.05) is 19.6 Å². The Bertz CT molecular complexity index is 102. The van der Waals surface area contributed by atoms with E-state index in [-0.39, 0.29) is 6.15 Å². The first-order valence-electron chi connectivity index (χ1n) is 7.57. The number of nitrogens with zero attached hydrogens (tertiary/aromatic N) is 1. The van der Waals surface area contributed by atoms with Gasteiger partial charge in [0, 0.05) is 0 Å². The van der Waals surface area contributed by atoms with Crippen molar-refractivity contribution < 1.29 is 0 Å². The fraction of sp³-hybridized carbons (Fsp3) is 1.00. The van der Waals surface area contributed by atoms with Crippen LogP contribution in [0.1, 0.15) is 78.6 Å². The van der Waals surface area contributed by atoms with Gasteiger partial charge in [0.05, 0.1) is 0 Å². The highest BCUT2D eigenvalue weighted by Crippen LogP contribution is 2.05. The predicted octanol–water partition coefficient (Wildman–Crippen LogP) is 5.02. The number of unbranched alkanes of at least 4 members (excludes halogenated alkanes) is 6. The molecule has 0 aliphatic rings. The predicted molar refractivity (Wildman–Crippen MR) is 80.0 cm³/mol. The first-order chi connectivity index (χ1) is 7.85. The highest BCUT2D eigenvalue weighted by molar-refractivity contribution is 4.58. The summed E-state index contributed by atoms with van der Waals surface area (Å²) in [6.07, 6.45) is 12.4. The first kappa shape index (κ1) is 19.3. The SMILES string of the molecule is CCCCCN(CCCCC)CCCCC.N. The van der Waals surface area contributed by atoms with Gasteiger partial charge >= 0.3 is 0 Å². The van der Waals surface area contributed by atoms with Gasteiger partial charge in [-0.15, -0.1) is 0 Å². The highest BCUT2D eigenvalue weighted by Gasteiger charge is 2.03. The van der Waals surface area contributed by atoms with Crippen molar-refractivity contribution in [1.29, 1.82) is 0 Å². The Hall–Kier alpha value is -0.0800. The van der Waals surface area contributed by atoms with E-state index in [0.717, 1.165) is 0 Å². The van der Waals surface area contributed by atoms with E-state index in [2.05, 4.69) is 25.7 Å². The minimum absolute atomic E-state index is 0. The van der Waals surface area contributed by atoms with Gasteiger partial charge in [-0.05, 0) is 38.9 Å². The van der Waals surface area contributed by atoms with Crippen LogP contribution in [0.4, 0.5) is 0 Å². The van der Waals surface area contributed by atoms with E-state index in [1.807, 2.05) is 0 Å². The molecule has 0 amide bonds. The molecular formula is C15H36N2. The average Bonchev–Trinajstić information content (AvgIpc) is 2.29. The first-order valence-corrected chi connectivity index (χ1v) is 7.57. The molecule has 0 aliphatic carbocycles. The second-order valence-corrected chi connectivity index (χ2v) is 4.96. The Morgan fingerprint density at radius 2 is 0.824 bits per heavy atom. The maximum absolute atomic E-state index is 2.70. The molecule has 0 radical (unpaired) electrons. The quantitative estimate of drug-likeness (QED) is 0.489. The van der Waals surface area contributed by atoms with Gasteiger partial charge in [0.1, 0.15) is 0 Å². The monoisotopic (exact) mass is 244 g/mol. The van der Waals surface area contributed by atoms with Crippen molar-refractivity contribution in [3.05, 3.63) is 0 Å². The van der Waals surface area contributed by atoms with Crippen molar-refractivity contribution in [2.45, 2.75) is 78.6 Å². The zero-order valence-corrected chi connectivity index (χ0v) is 12.6. The fourth-order valence-corrected chi connectivity index (χ4v) is 2.09. The molecule has 2 nitrogen and oxygen atoms in total. The van der Waals surface area contributed by atoms with E-state index in [9.17, 15) is 0 Å². The molecule has 0 saturated heterocycles. The molecule has 3 N–H and O–H groups in total. The summed E-state index contributed by atoms with van der Waals surface area (Å²) in [6, 6.07) is 0. The van der Waals surface area contributed by atoms with Crippen LogP contribution < -0.4 is 6.15 Å². The molecule has 17 heavy (non-hydrogen) atoms. The summed E-state index contributed by atoms with van der Waals surface area (Å²) < 4.78 is 0. The Labute approximate surface area is 110 Å². The summed E-state index contributed by atoms with van der Waals surface area (Å²) >= 11 is 0. The standard InChI is InChI=1S/C15H33N.H3N/c1-4-7-10-13-16(14-11-8-5-2)15-12-9-6-3;/h4-15H2,1-3H3;1H3. The zero-order valence-electron chi connectivity index (χ0n) is 12.6. The lowest BCUT2D eigenvalue weighted by atomic mass is 10.2. The van der Waals surface area contributed by atoms with Crippen molar-refractivity contribution in [1.82, 2.24) is 11.1 Å². The number of rotatable bonds is 12. The van der Waals surface area contributed by atoms with E-state index in [0.29, 0.717) is 0 Å². The Kier molecular flexibility index (Phi) is 18.0. The van der Waals surface area contributed by atoms with Crippen molar-refractivity contribution >= 4 is 0 Å². The summed E-state index contributed by atoms with van der Waals surface area (Å²) in [5.41, 5.74) is 0. The third-order valence-corrected chi connectivity index (χ3v) is 3.23. The van der Waals surface area contributed by atoms with Crippen LogP contribution in [0.2, 0.25) is 0 Å². The van der Waals surface area contributed by atoms with Crippen LogP contribution in [-0.4, -0.2) is 24.5 Å². The summed E-state index contributed by atoms with van der Waals surface area (Å²) in [6.45, 7) is 10.9. The van der Waals surface area contributed by atoms with Crippen LogP contribution in [0.15, 0.2) is 0 Å². The van der Waals surface area contributed by atoms with Crippen LogP contribution in [0.25, 0.3) is 0 Å². The molecule has 0 spiro atoms. The third-order valence-electron chi connectivity index (χ3n) is 3.23. The number of hydrogen-bond donors (Lipinski definition) is 1. The molecule has 106 valence electrons. The summed E-state index contributed by atoms with van der Waals surface area (Å²) in [7, 11) is 0. The molecule has 0 aliphatic heterocycles. The van der Waals surface area contributed by atoms with Gasteiger partial charge in [-0.2, -0.15) is 0 Å². The molecule has 0 unspecified atom stereocenters. The molecule has 2 heteroatoms. The Balaban J connectivity index is 0. The lowest BCUT2D eigenvalue weighted by Gasteiger charge is -2.22. The smallest absolute Gasteiger partial charge is 0.00187 e. The van der Waals surface area contributed by atoms with Crippen molar-refractivity contribution in [3.63, 3.8) is 0 Å². The highest BCUT2D eigenvalue weighted by atomic mass is 15.1. The molecule has 0 fully saturated rings. The topological polar surface area (TPSA) is 38.2 Å². The van der Waals surface area contributed by atoms with Gasteiger partial charge in [0.25, 0.3) is 0 Å². The number of hydrogen-bond acceptors (Lipinski definition) is 2. The zero-order chi connectivity index (χ0) is 12.1. The van der Waals surface area contributed by atoms with Gasteiger partial charge in [0.15, 0.2) is 0 Å². The molecular weight excluding hydrogens is 208 g/mol. The molecule has 0 aromatic heterocycles. The molecule has 0 rings (SSSR count). The molecule has 0 bridgehead atoms. The largest absolute Gasteiger partial charge is 0.344 e. The summed E-state index contributed by atoms with van der Waals surface area (Å²) in [4.78, 5) is 2.70. The fourth-order valence-electron chi connectivity index (χ4n) is 2.09. The molecule has 0 heterocycles. The van der Waals surface area contributed by atoms with Crippen molar-refractivity contribution in [2.24, 2.45) is 0 Å². The van der Waals surface area contributed by atoms with E-state index in [1.165, 1.54) is 77.4 Å². The van der Waals surface area contributed by atoms with Gasteiger partial charge in [-0.3, -0.25) is 0 Å². The lowest BCUT2D eigenvalue weighted by molar-refractivity contribution is 0.256. The summed E-state index contributed by atoms with van der Waals surface area (Å²) in [5, 5.41) is 0. The van der Waals surface area contributed by atoms with Crippen molar-refractivity contribution in [3.8, 4) is 0 Å². The Morgan fingerprint density at radius 3 is 1.06 bits per heavy atom. The van der Waals surface area contributed by atoms with Crippen LogP contribution in [0.5, 0.6) is 0 Å². The maximum atomic E-state index is 2.70. The van der Waals surface area contributed by atoms with Crippen LogP contribution in [0, 0.1) is 0 Å². The third kappa shape index (κ3) is 13.9. The van der Waals surface area contributed by atoms with E-state index in [4.69, 9.17) is 0 Å². The molecule has 0 aromatic rings. The van der Waals surface area contributed by atoms with Gasteiger partial charge in [-0.25, -0.2) is 0 Å². The maximum Gasteiger partial charge on any atom is -0.00187 e. The second-order valence-electron chi connectivity index (χ2n) is 4.96. The van der Waals surface area contributed by atoms with Crippen LogP contribution in [-0.2, 0) is 0 Å². The van der Waals surface area contributed by atoms with Gasteiger partial charge in [0.2, 0.25) is 0 Å².